The normalized spacial score (nSPS) is 11.8. The maximum Gasteiger partial charge on any atom is 0.230 e. The zero-order valence-electron chi connectivity index (χ0n) is 19.7. The molecule has 5 nitrogen and oxygen atoms in total. The third-order valence-electron chi connectivity index (χ3n) is 5.75. The molecule has 3 aromatic carbocycles. The predicted octanol–water partition coefficient (Wildman–Crippen LogP) is 5.56. The standard InChI is InChI=1S/C28H29FN4OS/c1-21(16-17-22-10-4-2-5-11-22)30-26(34)20-35-28-32-31-27(24-14-8-9-15-25(24)29)33(28)19-18-23-12-6-3-7-13-23/h2-15,21H,16-20H2,1H3,(H,30,34). The van der Waals surface area contributed by atoms with Gasteiger partial charge in [0.05, 0.1) is 11.3 Å². The van der Waals surface area contributed by atoms with E-state index in [0.717, 1.165) is 19.3 Å². The maximum atomic E-state index is 14.5. The summed E-state index contributed by atoms with van der Waals surface area (Å²) in [6, 6.07) is 27.0. The van der Waals surface area contributed by atoms with E-state index in [1.165, 1.54) is 29.0 Å². The molecule has 1 unspecified atom stereocenters. The molecule has 0 bridgehead atoms. The van der Waals surface area contributed by atoms with Crippen molar-refractivity contribution in [1.29, 1.82) is 0 Å². The number of rotatable bonds is 11. The van der Waals surface area contributed by atoms with Crippen LogP contribution in [-0.4, -0.2) is 32.5 Å². The average Bonchev–Trinajstić information content (AvgIpc) is 3.29. The smallest absolute Gasteiger partial charge is 0.230 e. The molecular formula is C28H29FN4OS. The predicted molar refractivity (Wildman–Crippen MR) is 139 cm³/mol. The molecule has 4 rings (SSSR count). The Balaban J connectivity index is 1.40. The zero-order valence-corrected chi connectivity index (χ0v) is 20.5. The van der Waals surface area contributed by atoms with E-state index in [0.29, 0.717) is 23.1 Å². The van der Waals surface area contributed by atoms with Gasteiger partial charge < -0.3 is 9.88 Å². The first-order chi connectivity index (χ1) is 17.1. The molecule has 0 aliphatic carbocycles. The molecule has 4 aromatic rings. The minimum atomic E-state index is -0.345. The van der Waals surface area contributed by atoms with Gasteiger partial charge in [-0.15, -0.1) is 10.2 Å². The summed E-state index contributed by atoms with van der Waals surface area (Å²) in [5, 5.41) is 12.3. The molecule has 1 amide bonds. The molecule has 1 atom stereocenters. The average molecular weight is 489 g/mol. The number of benzene rings is 3. The van der Waals surface area contributed by atoms with Gasteiger partial charge in [0, 0.05) is 12.6 Å². The minimum absolute atomic E-state index is 0.0550. The molecule has 0 radical (unpaired) electrons. The highest BCUT2D eigenvalue weighted by Gasteiger charge is 2.18. The lowest BCUT2D eigenvalue weighted by Gasteiger charge is -2.14. The summed E-state index contributed by atoms with van der Waals surface area (Å²) in [6.07, 6.45) is 2.52. The number of aromatic nitrogens is 3. The van der Waals surface area contributed by atoms with Gasteiger partial charge in [0.1, 0.15) is 5.82 Å². The lowest BCUT2D eigenvalue weighted by Crippen LogP contribution is -2.34. The van der Waals surface area contributed by atoms with Crippen molar-refractivity contribution in [2.75, 3.05) is 5.75 Å². The SMILES string of the molecule is CC(CCc1ccccc1)NC(=O)CSc1nnc(-c2ccccc2F)n1CCc1ccccc1. The number of carbonyl (C=O) groups is 1. The highest BCUT2D eigenvalue weighted by molar-refractivity contribution is 7.99. The lowest BCUT2D eigenvalue weighted by molar-refractivity contribution is -0.119. The van der Waals surface area contributed by atoms with Crippen molar-refractivity contribution < 1.29 is 9.18 Å². The van der Waals surface area contributed by atoms with Gasteiger partial charge >= 0.3 is 0 Å². The maximum absolute atomic E-state index is 14.5. The highest BCUT2D eigenvalue weighted by atomic mass is 32.2. The van der Waals surface area contributed by atoms with Crippen LogP contribution >= 0.6 is 11.8 Å². The van der Waals surface area contributed by atoms with Gasteiger partial charge in [0.15, 0.2) is 11.0 Å². The molecule has 0 saturated carbocycles. The second kappa shape index (κ2) is 12.3. The van der Waals surface area contributed by atoms with E-state index in [1.807, 2.05) is 47.9 Å². The Kier molecular flexibility index (Phi) is 8.68. The minimum Gasteiger partial charge on any atom is -0.353 e. The molecule has 1 heterocycles. The molecule has 1 N–H and O–H groups in total. The molecule has 35 heavy (non-hydrogen) atoms. The molecule has 7 heteroatoms. The molecule has 0 aliphatic heterocycles. The number of hydrogen-bond donors (Lipinski definition) is 1. The quantitative estimate of drug-likeness (QED) is 0.281. The number of nitrogens with one attached hydrogen (secondary N) is 1. The number of thioether (sulfide) groups is 1. The third kappa shape index (κ3) is 7.02. The monoisotopic (exact) mass is 488 g/mol. The van der Waals surface area contributed by atoms with Gasteiger partial charge in [-0.05, 0) is 49.4 Å². The van der Waals surface area contributed by atoms with Gasteiger partial charge in [-0.2, -0.15) is 0 Å². The van der Waals surface area contributed by atoms with Crippen LogP contribution in [0.25, 0.3) is 11.4 Å². The van der Waals surface area contributed by atoms with E-state index in [1.54, 1.807) is 18.2 Å². The van der Waals surface area contributed by atoms with Crippen LogP contribution in [0.15, 0.2) is 90.1 Å². The molecule has 0 fully saturated rings. The lowest BCUT2D eigenvalue weighted by atomic mass is 10.1. The fourth-order valence-electron chi connectivity index (χ4n) is 3.87. The molecule has 1 aromatic heterocycles. The zero-order chi connectivity index (χ0) is 24.5. The van der Waals surface area contributed by atoms with E-state index >= 15 is 0 Å². The molecule has 0 aliphatic rings. The van der Waals surface area contributed by atoms with Gasteiger partial charge in [0.2, 0.25) is 5.91 Å². The Hall–Kier alpha value is -3.45. The highest BCUT2D eigenvalue weighted by Crippen LogP contribution is 2.26. The summed E-state index contributed by atoms with van der Waals surface area (Å²) in [5.74, 6) is 0.289. The van der Waals surface area contributed by atoms with Crippen LogP contribution in [0.1, 0.15) is 24.5 Å². The number of carbonyl (C=O) groups excluding carboxylic acids is 1. The number of nitrogens with zero attached hydrogens (tertiary/aromatic N) is 3. The van der Waals surface area contributed by atoms with Gasteiger partial charge in [0.25, 0.3) is 0 Å². The Morgan fingerprint density at radius 2 is 1.54 bits per heavy atom. The summed E-state index contributed by atoms with van der Waals surface area (Å²) in [6.45, 7) is 2.60. The van der Waals surface area contributed by atoms with E-state index in [9.17, 15) is 9.18 Å². The Morgan fingerprint density at radius 1 is 0.914 bits per heavy atom. The van der Waals surface area contributed by atoms with Crippen molar-refractivity contribution in [2.24, 2.45) is 0 Å². The van der Waals surface area contributed by atoms with Crippen LogP contribution in [0.3, 0.4) is 0 Å². The van der Waals surface area contributed by atoms with Crippen LogP contribution in [-0.2, 0) is 24.2 Å². The van der Waals surface area contributed by atoms with Crippen LogP contribution in [0.4, 0.5) is 4.39 Å². The summed E-state index contributed by atoms with van der Waals surface area (Å²) < 4.78 is 16.4. The number of halogens is 1. The van der Waals surface area contributed by atoms with Crippen molar-refractivity contribution in [3.05, 3.63) is 102 Å². The van der Waals surface area contributed by atoms with E-state index in [2.05, 4.69) is 39.8 Å². The summed E-state index contributed by atoms with van der Waals surface area (Å²) in [4.78, 5) is 12.6. The van der Waals surface area contributed by atoms with Crippen LogP contribution in [0.5, 0.6) is 0 Å². The number of amides is 1. The van der Waals surface area contributed by atoms with Gasteiger partial charge in [-0.1, -0.05) is 84.6 Å². The number of hydrogen-bond acceptors (Lipinski definition) is 4. The first kappa shape index (κ1) is 24.7. The molecular weight excluding hydrogens is 459 g/mol. The summed E-state index contributed by atoms with van der Waals surface area (Å²) in [5.41, 5.74) is 2.83. The first-order valence-electron chi connectivity index (χ1n) is 11.8. The molecule has 0 spiro atoms. The van der Waals surface area contributed by atoms with E-state index < -0.39 is 0 Å². The molecule has 0 saturated heterocycles. The van der Waals surface area contributed by atoms with E-state index in [4.69, 9.17) is 0 Å². The largest absolute Gasteiger partial charge is 0.353 e. The van der Waals surface area contributed by atoms with Crippen LogP contribution in [0.2, 0.25) is 0 Å². The summed E-state index contributed by atoms with van der Waals surface area (Å²) in [7, 11) is 0. The van der Waals surface area contributed by atoms with Crippen molar-refractivity contribution in [3.8, 4) is 11.4 Å². The van der Waals surface area contributed by atoms with Crippen molar-refractivity contribution in [3.63, 3.8) is 0 Å². The fourth-order valence-corrected chi connectivity index (χ4v) is 4.65. The van der Waals surface area contributed by atoms with Gasteiger partial charge in [-0.3, -0.25) is 4.79 Å². The van der Waals surface area contributed by atoms with E-state index in [-0.39, 0.29) is 23.5 Å². The topological polar surface area (TPSA) is 59.8 Å². The van der Waals surface area contributed by atoms with Crippen molar-refractivity contribution in [2.45, 2.75) is 43.9 Å². The van der Waals surface area contributed by atoms with Crippen molar-refractivity contribution in [1.82, 2.24) is 20.1 Å². The Labute approximate surface area is 209 Å². The van der Waals surface area contributed by atoms with Crippen LogP contribution < -0.4 is 5.32 Å². The second-order valence-corrected chi connectivity index (χ2v) is 9.40. The Bertz CT molecular complexity index is 1230. The third-order valence-corrected chi connectivity index (χ3v) is 6.71. The van der Waals surface area contributed by atoms with Gasteiger partial charge in [-0.25, -0.2) is 4.39 Å². The summed E-state index contributed by atoms with van der Waals surface area (Å²) >= 11 is 1.32. The Morgan fingerprint density at radius 3 is 2.23 bits per heavy atom. The first-order valence-corrected chi connectivity index (χ1v) is 12.8. The fraction of sp³-hybridized carbons (Fsp3) is 0.250. The molecule has 180 valence electrons. The second-order valence-electron chi connectivity index (χ2n) is 8.45. The van der Waals surface area contributed by atoms with Crippen molar-refractivity contribution >= 4 is 17.7 Å². The van der Waals surface area contributed by atoms with Crippen LogP contribution in [0, 0.1) is 5.82 Å². The number of aryl methyl sites for hydroxylation is 2.